The van der Waals surface area contributed by atoms with E-state index in [4.69, 9.17) is 9.47 Å². The molecule has 3 rings (SSSR count). The van der Waals surface area contributed by atoms with Crippen LogP contribution in [-0.2, 0) is 44.0 Å². The number of rotatable bonds is 12. The third kappa shape index (κ3) is 11.1. The Labute approximate surface area is 309 Å². The Morgan fingerprint density at radius 1 is 0.620 bits per heavy atom. The van der Waals surface area contributed by atoms with E-state index in [0.29, 0.717) is 5.75 Å². The first-order valence-electron chi connectivity index (χ1n) is 19.6. The molecule has 1 heterocycles. The van der Waals surface area contributed by atoms with Gasteiger partial charge >= 0.3 is 0 Å². The molecule has 50 heavy (non-hydrogen) atoms. The van der Waals surface area contributed by atoms with Crippen molar-refractivity contribution in [1.29, 1.82) is 0 Å². The molecule has 2 aromatic rings. The molecule has 2 aromatic carbocycles. The lowest BCUT2D eigenvalue weighted by Crippen LogP contribution is -2.62. The van der Waals surface area contributed by atoms with Crippen molar-refractivity contribution in [1.82, 2.24) is 4.90 Å². The van der Waals surface area contributed by atoms with Gasteiger partial charge < -0.3 is 14.6 Å². The lowest BCUT2D eigenvalue weighted by Gasteiger charge is -2.55. The molecule has 1 fully saturated rings. The molecule has 0 saturated carbocycles. The number of hydrogen-bond donors (Lipinski definition) is 1. The van der Waals surface area contributed by atoms with Crippen LogP contribution in [0, 0.1) is 6.92 Å². The number of hydrogen-bond acceptors (Lipinski definition) is 4. The average molecular weight is 692 g/mol. The summed E-state index contributed by atoms with van der Waals surface area (Å²) < 4.78 is 12.9. The van der Waals surface area contributed by atoms with Crippen LogP contribution in [0.25, 0.3) is 0 Å². The zero-order chi connectivity index (χ0) is 38.1. The molecule has 0 bridgehead atoms. The fourth-order valence-electron chi connectivity index (χ4n) is 8.57. The Morgan fingerprint density at radius 3 is 1.40 bits per heavy atom. The number of ether oxygens (including phenoxy) is 2. The Morgan fingerprint density at radius 2 is 1.00 bits per heavy atom. The van der Waals surface area contributed by atoms with Crippen molar-refractivity contribution < 1.29 is 14.6 Å². The average Bonchev–Trinajstić information content (AvgIpc) is 2.92. The number of aryl methyl sites for hydroxylation is 2. The SMILES string of the molecule is Cc1c(C(C)(C)C)cc(CCCOC2CC(C)(C)N(CCOCCCc3cc(C(C)(C)C)c(O)c(C(C)(C)C)c3)C(C)(C)C2)cc1C(C)(C)C. The van der Waals surface area contributed by atoms with E-state index in [2.05, 4.69) is 147 Å². The fourth-order valence-corrected chi connectivity index (χ4v) is 8.57. The molecule has 0 atom stereocenters. The molecule has 0 spiro atoms. The maximum atomic E-state index is 11.1. The van der Waals surface area contributed by atoms with Gasteiger partial charge in [-0.05, 0) is 134 Å². The van der Waals surface area contributed by atoms with Crippen LogP contribution in [-0.4, -0.2) is 53.6 Å². The van der Waals surface area contributed by atoms with Crippen LogP contribution in [0.5, 0.6) is 5.75 Å². The number of phenolic OH excluding ortho intramolecular Hbond substituents is 1. The summed E-state index contributed by atoms with van der Waals surface area (Å²) in [6, 6.07) is 9.32. The summed E-state index contributed by atoms with van der Waals surface area (Å²) in [5.41, 5.74) is 9.32. The minimum Gasteiger partial charge on any atom is -0.507 e. The van der Waals surface area contributed by atoms with Crippen LogP contribution >= 0.6 is 0 Å². The van der Waals surface area contributed by atoms with Gasteiger partial charge in [0.15, 0.2) is 0 Å². The van der Waals surface area contributed by atoms with E-state index in [1.807, 2.05) is 0 Å². The van der Waals surface area contributed by atoms with E-state index in [0.717, 1.165) is 76.0 Å². The van der Waals surface area contributed by atoms with Gasteiger partial charge in [-0.2, -0.15) is 0 Å². The standard InChI is InChI=1S/C46H77NO3/c1-32-36(41(2,3)4)26-33(27-37(32)42(5,6)7)21-19-24-50-35-30-45(14,15)47(46(16,17)31-35)22-25-49-23-18-20-34-28-38(43(8,9)10)40(48)39(29-34)44(11,12)13/h26-29,35,48H,18-25,30-31H2,1-17H3. The third-order valence-electron chi connectivity index (χ3n) is 11.0. The Balaban J connectivity index is 1.51. The van der Waals surface area contributed by atoms with Crippen LogP contribution in [0.1, 0.15) is 175 Å². The molecule has 1 N–H and O–H groups in total. The van der Waals surface area contributed by atoms with Crippen LogP contribution in [0.2, 0.25) is 0 Å². The first-order chi connectivity index (χ1) is 22.6. The molecule has 0 amide bonds. The van der Waals surface area contributed by atoms with Gasteiger partial charge in [-0.25, -0.2) is 0 Å². The van der Waals surface area contributed by atoms with Crippen LogP contribution < -0.4 is 0 Å². The highest BCUT2D eigenvalue weighted by Gasteiger charge is 2.45. The smallest absolute Gasteiger partial charge is 0.123 e. The number of aromatic hydroxyl groups is 1. The van der Waals surface area contributed by atoms with E-state index in [9.17, 15) is 5.11 Å². The van der Waals surface area contributed by atoms with E-state index >= 15 is 0 Å². The summed E-state index contributed by atoms with van der Waals surface area (Å²) >= 11 is 0. The fraction of sp³-hybridized carbons (Fsp3) is 0.739. The molecular formula is C46H77NO3. The first kappa shape index (κ1) is 42.5. The summed E-state index contributed by atoms with van der Waals surface area (Å²) in [5.74, 6) is 0.455. The van der Waals surface area contributed by atoms with Crippen molar-refractivity contribution in [3.05, 3.63) is 63.2 Å². The van der Waals surface area contributed by atoms with Crippen molar-refractivity contribution in [2.45, 2.75) is 195 Å². The second-order valence-corrected chi connectivity index (χ2v) is 20.9. The monoisotopic (exact) mass is 692 g/mol. The van der Waals surface area contributed by atoms with Gasteiger partial charge in [0.2, 0.25) is 0 Å². The first-order valence-corrected chi connectivity index (χ1v) is 19.6. The highest BCUT2D eigenvalue weighted by molar-refractivity contribution is 5.50. The van der Waals surface area contributed by atoms with Crippen molar-refractivity contribution >= 4 is 0 Å². The van der Waals surface area contributed by atoms with E-state index in [1.165, 1.54) is 27.8 Å². The maximum absolute atomic E-state index is 11.1. The summed E-state index contributed by atoms with van der Waals surface area (Å²) in [6.07, 6.45) is 6.37. The van der Waals surface area contributed by atoms with E-state index < -0.39 is 0 Å². The maximum Gasteiger partial charge on any atom is 0.123 e. The molecule has 1 aliphatic heterocycles. The number of nitrogens with zero attached hydrogens (tertiary/aromatic N) is 1. The summed E-state index contributed by atoms with van der Waals surface area (Å²) in [5, 5.41) is 11.1. The van der Waals surface area contributed by atoms with Gasteiger partial charge in [0, 0.05) is 30.8 Å². The van der Waals surface area contributed by atoms with Crippen molar-refractivity contribution in [3.8, 4) is 5.75 Å². The lowest BCUT2D eigenvalue weighted by molar-refractivity contribution is -0.111. The largest absolute Gasteiger partial charge is 0.507 e. The van der Waals surface area contributed by atoms with Gasteiger partial charge in [-0.3, -0.25) is 4.90 Å². The van der Waals surface area contributed by atoms with Gasteiger partial charge in [0.05, 0.1) is 12.7 Å². The van der Waals surface area contributed by atoms with E-state index in [-0.39, 0.29) is 38.8 Å². The highest BCUT2D eigenvalue weighted by atomic mass is 16.5. The Hall–Kier alpha value is -1.88. The quantitative estimate of drug-likeness (QED) is 0.225. The zero-order valence-electron chi connectivity index (χ0n) is 35.7. The Bertz CT molecular complexity index is 1330. The molecule has 0 unspecified atom stereocenters. The normalized spacial score (nSPS) is 17.8. The molecule has 284 valence electrons. The number of likely N-dealkylation sites (tertiary alicyclic amines) is 1. The molecule has 0 radical (unpaired) electrons. The van der Waals surface area contributed by atoms with Crippen molar-refractivity contribution in [2.75, 3.05) is 26.4 Å². The Kier molecular flexibility index (Phi) is 13.3. The minimum atomic E-state index is -0.108. The van der Waals surface area contributed by atoms with Crippen LogP contribution in [0.3, 0.4) is 0 Å². The number of benzene rings is 2. The molecule has 0 aliphatic carbocycles. The van der Waals surface area contributed by atoms with Gasteiger partial charge in [0.1, 0.15) is 5.75 Å². The molecule has 4 nitrogen and oxygen atoms in total. The molecule has 1 aliphatic rings. The number of piperidine rings is 1. The zero-order valence-corrected chi connectivity index (χ0v) is 35.7. The van der Waals surface area contributed by atoms with Crippen molar-refractivity contribution in [2.24, 2.45) is 0 Å². The van der Waals surface area contributed by atoms with Crippen LogP contribution in [0.4, 0.5) is 0 Å². The molecular weight excluding hydrogens is 615 g/mol. The molecule has 1 saturated heterocycles. The van der Waals surface area contributed by atoms with Gasteiger partial charge in [0.25, 0.3) is 0 Å². The number of phenols is 1. The minimum absolute atomic E-state index is 0.0364. The molecule has 0 aromatic heterocycles. The second kappa shape index (κ2) is 15.6. The summed E-state index contributed by atoms with van der Waals surface area (Å²) in [6.45, 7) is 42.1. The van der Waals surface area contributed by atoms with Gasteiger partial charge in [-0.15, -0.1) is 0 Å². The second-order valence-electron chi connectivity index (χ2n) is 20.9. The van der Waals surface area contributed by atoms with Crippen LogP contribution in [0.15, 0.2) is 24.3 Å². The summed E-state index contributed by atoms with van der Waals surface area (Å²) in [7, 11) is 0. The molecule has 4 heteroatoms. The van der Waals surface area contributed by atoms with Gasteiger partial charge in [-0.1, -0.05) is 107 Å². The van der Waals surface area contributed by atoms with Crippen molar-refractivity contribution in [3.63, 3.8) is 0 Å². The predicted octanol–water partition coefficient (Wildman–Crippen LogP) is 11.5. The topological polar surface area (TPSA) is 41.9 Å². The predicted molar refractivity (Wildman–Crippen MR) is 215 cm³/mol. The van der Waals surface area contributed by atoms with E-state index in [1.54, 1.807) is 0 Å². The third-order valence-corrected chi connectivity index (χ3v) is 11.0. The highest BCUT2D eigenvalue weighted by Crippen LogP contribution is 2.41. The summed E-state index contributed by atoms with van der Waals surface area (Å²) in [4.78, 5) is 2.65. The lowest BCUT2D eigenvalue weighted by atomic mass is 9.75.